The average Bonchev–Trinajstić information content (AvgIpc) is 2.73. The van der Waals surface area contributed by atoms with Crippen LogP contribution in [0.5, 0.6) is 0 Å². The van der Waals surface area contributed by atoms with Crippen LogP contribution in [0.25, 0.3) is 0 Å². The normalized spacial score (nSPS) is 13.2. The van der Waals surface area contributed by atoms with Crippen molar-refractivity contribution in [2.75, 3.05) is 6.61 Å². The third kappa shape index (κ3) is 7.96. The van der Waals surface area contributed by atoms with Gasteiger partial charge in [0.1, 0.15) is 18.7 Å². The first-order chi connectivity index (χ1) is 15.4. The minimum atomic E-state index is -3.03. The second kappa shape index (κ2) is 11.4. The van der Waals surface area contributed by atoms with E-state index >= 15 is 0 Å². The van der Waals surface area contributed by atoms with Gasteiger partial charge in [0, 0.05) is 35.4 Å². The fraction of sp³-hybridized carbons (Fsp3) is 0.318. The molecule has 0 aliphatic heterocycles. The number of alkyl halides is 2. The maximum atomic E-state index is 13.4. The van der Waals surface area contributed by atoms with Crippen LogP contribution in [0.1, 0.15) is 23.6 Å². The Labute approximate surface area is 199 Å². The summed E-state index contributed by atoms with van der Waals surface area (Å²) in [5.41, 5.74) is 6.20. The zero-order valence-corrected chi connectivity index (χ0v) is 19.1. The number of amides is 3. The summed E-state index contributed by atoms with van der Waals surface area (Å²) < 4.78 is 26.9. The number of aliphatic hydroxyl groups is 1. The molecule has 3 amide bonds. The number of hydrogen-bond donors (Lipinski definition) is 4. The highest BCUT2D eigenvalue weighted by Gasteiger charge is 2.28. The molecule has 2 rings (SSSR count). The number of nitrogens with two attached hydrogens (primary N) is 1. The summed E-state index contributed by atoms with van der Waals surface area (Å²) in [7, 11) is 0. The van der Waals surface area contributed by atoms with Gasteiger partial charge in [-0.15, -0.1) is 0 Å². The van der Waals surface area contributed by atoms with E-state index in [1.807, 2.05) is 0 Å². The maximum absolute atomic E-state index is 13.4. The number of aliphatic hydroxyl groups excluding tert-OH is 1. The highest BCUT2D eigenvalue weighted by molar-refractivity contribution is 6.35. The van der Waals surface area contributed by atoms with Crippen molar-refractivity contribution in [2.24, 2.45) is 5.73 Å². The van der Waals surface area contributed by atoms with E-state index in [4.69, 9.17) is 34.0 Å². The summed E-state index contributed by atoms with van der Waals surface area (Å²) >= 11 is 12.0. The standard InChI is InChI=1S/C22H23Cl2F2N3O4/c1-22(25,26)14-5-2-12(3-6-14)8-18(28-19(31)11-30)21(33)29-17(20(27)32)9-13-4-7-15(23)10-16(13)24/h2-7,10,17-18,30H,8-9,11H2,1H3,(H2,27,32)(H,28,31)(H,29,33)/t17-,18+/m0/s1. The zero-order valence-electron chi connectivity index (χ0n) is 17.6. The minimum absolute atomic E-state index is 0.0297. The molecule has 0 unspecified atom stereocenters. The number of hydrogen-bond acceptors (Lipinski definition) is 4. The predicted octanol–water partition coefficient (Wildman–Crippen LogP) is 2.34. The molecule has 0 aliphatic carbocycles. The Morgan fingerprint density at radius 1 is 1.03 bits per heavy atom. The molecular formula is C22H23Cl2F2N3O4. The fourth-order valence-electron chi connectivity index (χ4n) is 3.02. The van der Waals surface area contributed by atoms with E-state index in [1.165, 1.54) is 30.3 Å². The number of carbonyl (C=O) groups is 3. The molecule has 2 aromatic rings. The van der Waals surface area contributed by atoms with E-state index in [2.05, 4.69) is 10.6 Å². The lowest BCUT2D eigenvalue weighted by atomic mass is 10.0. The Morgan fingerprint density at radius 2 is 1.67 bits per heavy atom. The Hall–Kier alpha value is -2.75. The van der Waals surface area contributed by atoms with Crippen LogP contribution in [0.2, 0.25) is 10.0 Å². The monoisotopic (exact) mass is 501 g/mol. The molecule has 0 radical (unpaired) electrons. The highest BCUT2D eigenvalue weighted by atomic mass is 35.5. The quantitative estimate of drug-likeness (QED) is 0.399. The van der Waals surface area contributed by atoms with Gasteiger partial charge in [-0.05, 0) is 23.3 Å². The number of halogens is 4. The van der Waals surface area contributed by atoms with Gasteiger partial charge in [0.15, 0.2) is 0 Å². The molecule has 2 atom stereocenters. The third-order valence-electron chi connectivity index (χ3n) is 4.80. The van der Waals surface area contributed by atoms with Crippen LogP contribution >= 0.6 is 23.2 Å². The number of benzene rings is 2. The number of primary amides is 1. The topological polar surface area (TPSA) is 122 Å². The van der Waals surface area contributed by atoms with Gasteiger partial charge in [-0.2, -0.15) is 0 Å². The van der Waals surface area contributed by atoms with E-state index < -0.39 is 42.3 Å². The van der Waals surface area contributed by atoms with Gasteiger partial charge >= 0.3 is 0 Å². The molecule has 2 aromatic carbocycles. The SMILES string of the molecule is CC(F)(F)c1ccc(C[C@@H](NC(=O)CO)C(=O)N[C@@H](Cc2ccc(Cl)cc2Cl)C(N)=O)cc1. The van der Waals surface area contributed by atoms with Crippen LogP contribution in [0.15, 0.2) is 42.5 Å². The molecule has 0 spiro atoms. The van der Waals surface area contributed by atoms with E-state index in [-0.39, 0.29) is 23.4 Å². The van der Waals surface area contributed by atoms with Crippen LogP contribution in [0.3, 0.4) is 0 Å². The van der Waals surface area contributed by atoms with Crippen molar-refractivity contribution in [1.29, 1.82) is 0 Å². The van der Waals surface area contributed by atoms with Gasteiger partial charge in [0.2, 0.25) is 17.7 Å². The molecule has 5 N–H and O–H groups in total. The Morgan fingerprint density at radius 3 is 2.18 bits per heavy atom. The number of nitrogens with one attached hydrogen (secondary N) is 2. The van der Waals surface area contributed by atoms with Gasteiger partial charge in [0.05, 0.1) is 0 Å². The van der Waals surface area contributed by atoms with Crippen LogP contribution in [-0.4, -0.2) is 41.5 Å². The highest BCUT2D eigenvalue weighted by Crippen LogP contribution is 2.27. The summed E-state index contributed by atoms with van der Waals surface area (Å²) in [4.78, 5) is 36.6. The van der Waals surface area contributed by atoms with Gasteiger partial charge in [-0.1, -0.05) is 53.5 Å². The first kappa shape index (κ1) is 26.5. The lowest BCUT2D eigenvalue weighted by Crippen LogP contribution is -2.54. The number of rotatable bonds is 10. The lowest BCUT2D eigenvalue weighted by molar-refractivity contribution is -0.132. The summed E-state index contributed by atoms with van der Waals surface area (Å²) in [6.07, 6.45) is -0.113. The van der Waals surface area contributed by atoms with Gasteiger partial charge in [-0.25, -0.2) is 8.78 Å². The Kier molecular flexibility index (Phi) is 9.16. The Balaban J connectivity index is 2.20. The fourth-order valence-corrected chi connectivity index (χ4v) is 3.51. The van der Waals surface area contributed by atoms with E-state index in [0.29, 0.717) is 16.1 Å². The number of carbonyl (C=O) groups excluding carboxylic acids is 3. The summed E-state index contributed by atoms with van der Waals surface area (Å²) in [5.74, 6) is -5.45. The average molecular weight is 502 g/mol. The lowest BCUT2D eigenvalue weighted by Gasteiger charge is -2.22. The zero-order chi connectivity index (χ0) is 24.8. The summed E-state index contributed by atoms with van der Waals surface area (Å²) in [5, 5.41) is 14.5. The molecular weight excluding hydrogens is 479 g/mol. The molecule has 0 fully saturated rings. The van der Waals surface area contributed by atoms with Crippen molar-refractivity contribution in [3.8, 4) is 0 Å². The van der Waals surface area contributed by atoms with Crippen molar-refractivity contribution < 1.29 is 28.3 Å². The first-order valence-electron chi connectivity index (χ1n) is 9.81. The van der Waals surface area contributed by atoms with Crippen molar-refractivity contribution >= 4 is 40.9 Å². The molecule has 0 saturated carbocycles. The van der Waals surface area contributed by atoms with Gasteiger partial charge in [0.25, 0.3) is 5.92 Å². The minimum Gasteiger partial charge on any atom is -0.387 e. The second-order valence-electron chi connectivity index (χ2n) is 7.47. The van der Waals surface area contributed by atoms with Crippen molar-refractivity contribution in [3.63, 3.8) is 0 Å². The van der Waals surface area contributed by atoms with Gasteiger partial charge < -0.3 is 21.5 Å². The largest absolute Gasteiger partial charge is 0.387 e. The van der Waals surface area contributed by atoms with Crippen LogP contribution in [0, 0.1) is 0 Å². The molecule has 33 heavy (non-hydrogen) atoms. The van der Waals surface area contributed by atoms with Crippen LogP contribution < -0.4 is 16.4 Å². The summed E-state index contributed by atoms with van der Waals surface area (Å²) in [6, 6.07) is 7.49. The predicted molar refractivity (Wildman–Crippen MR) is 120 cm³/mol. The summed E-state index contributed by atoms with van der Waals surface area (Å²) in [6.45, 7) is -0.110. The van der Waals surface area contributed by atoms with E-state index in [9.17, 15) is 23.2 Å². The molecule has 0 bridgehead atoms. The van der Waals surface area contributed by atoms with E-state index in [1.54, 1.807) is 12.1 Å². The molecule has 178 valence electrons. The molecule has 11 heteroatoms. The smallest absolute Gasteiger partial charge is 0.270 e. The first-order valence-corrected chi connectivity index (χ1v) is 10.6. The van der Waals surface area contributed by atoms with E-state index in [0.717, 1.165) is 6.92 Å². The van der Waals surface area contributed by atoms with Gasteiger partial charge in [-0.3, -0.25) is 14.4 Å². The molecule has 0 aliphatic rings. The van der Waals surface area contributed by atoms with Crippen LogP contribution in [-0.2, 0) is 33.1 Å². The molecule has 0 saturated heterocycles. The van der Waals surface area contributed by atoms with Crippen molar-refractivity contribution in [2.45, 2.75) is 37.8 Å². The van der Waals surface area contributed by atoms with Crippen LogP contribution in [0.4, 0.5) is 8.78 Å². The molecule has 7 nitrogen and oxygen atoms in total. The third-order valence-corrected chi connectivity index (χ3v) is 5.38. The Bertz CT molecular complexity index is 1010. The molecule has 0 heterocycles. The van der Waals surface area contributed by atoms with Crippen molar-refractivity contribution in [1.82, 2.24) is 10.6 Å². The molecule has 0 aromatic heterocycles. The second-order valence-corrected chi connectivity index (χ2v) is 8.31. The maximum Gasteiger partial charge on any atom is 0.270 e. The van der Waals surface area contributed by atoms with Crippen molar-refractivity contribution in [3.05, 3.63) is 69.2 Å².